The van der Waals surface area contributed by atoms with Crippen LogP contribution in [-0.4, -0.2) is 37.3 Å². The second-order valence-electron chi connectivity index (χ2n) is 6.04. The van der Waals surface area contributed by atoms with E-state index in [-0.39, 0.29) is 17.9 Å². The molecule has 1 aromatic carbocycles. The molecule has 1 aromatic rings. The van der Waals surface area contributed by atoms with E-state index in [0.29, 0.717) is 18.5 Å². The maximum Gasteiger partial charge on any atom is 0.251 e. The van der Waals surface area contributed by atoms with Crippen LogP contribution in [0, 0.1) is 5.41 Å². The fourth-order valence-corrected chi connectivity index (χ4v) is 2.23. The Hall–Kier alpha value is -1.55. The molecule has 21 heavy (non-hydrogen) atoms. The average molecular weight is 292 g/mol. The van der Waals surface area contributed by atoms with Crippen molar-refractivity contribution in [2.45, 2.75) is 34.1 Å². The molecule has 0 fully saturated rings. The maximum absolute atomic E-state index is 12.1. The van der Waals surface area contributed by atoms with Gasteiger partial charge in [0.1, 0.15) is 0 Å². The first kappa shape index (κ1) is 17.5. The molecule has 4 heteroatoms. The Balaban J connectivity index is 2.63. The molecule has 1 rings (SSSR count). The Morgan fingerprint density at radius 2 is 1.76 bits per heavy atom. The van der Waals surface area contributed by atoms with Gasteiger partial charge in [-0.15, -0.1) is 0 Å². The quantitative estimate of drug-likeness (QED) is 0.774. The molecule has 2 N–H and O–H groups in total. The van der Waals surface area contributed by atoms with Gasteiger partial charge in [-0.3, -0.25) is 4.79 Å². The molecule has 0 radical (unpaired) electrons. The van der Waals surface area contributed by atoms with Crippen molar-refractivity contribution in [3.63, 3.8) is 0 Å². The van der Waals surface area contributed by atoms with E-state index in [2.05, 4.69) is 24.1 Å². The van der Waals surface area contributed by atoms with Crippen LogP contribution in [0.3, 0.4) is 0 Å². The van der Waals surface area contributed by atoms with Crippen LogP contribution in [0.25, 0.3) is 0 Å². The standard InChI is InChI=1S/C17H28N2O2/c1-5-19(6-2)15-9-7-14(8-10-15)16(21)18-13-17(3,4)11-12-20/h7-10,20H,5-6,11-13H2,1-4H3,(H,18,21). The summed E-state index contributed by atoms with van der Waals surface area (Å²) in [6, 6.07) is 7.70. The smallest absolute Gasteiger partial charge is 0.251 e. The van der Waals surface area contributed by atoms with Gasteiger partial charge >= 0.3 is 0 Å². The molecule has 0 unspecified atom stereocenters. The summed E-state index contributed by atoms with van der Waals surface area (Å²) in [4.78, 5) is 14.4. The van der Waals surface area contributed by atoms with Crippen molar-refractivity contribution >= 4 is 11.6 Å². The molecule has 0 heterocycles. The number of hydrogen-bond donors (Lipinski definition) is 2. The third kappa shape index (κ3) is 5.38. The van der Waals surface area contributed by atoms with Crippen LogP contribution >= 0.6 is 0 Å². The fraction of sp³-hybridized carbons (Fsp3) is 0.588. The lowest BCUT2D eigenvalue weighted by Gasteiger charge is -2.24. The molecule has 0 atom stereocenters. The molecule has 1 amide bonds. The number of rotatable bonds is 8. The topological polar surface area (TPSA) is 52.6 Å². The predicted octanol–water partition coefficient (Wildman–Crippen LogP) is 2.67. The monoisotopic (exact) mass is 292 g/mol. The summed E-state index contributed by atoms with van der Waals surface area (Å²) in [6.45, 7) is 10.9. The Morgan fingerprint density at radius 1 is 1.19 bits per heavy atom. The van der Waals surface area contributed by atoms with Crippen molar-refractivity contribution in [2.24, 2.45) is 5.41 Å². The van der Waals surface area contributed by atoms with Gasteiger partial charge in [-0.1, -0.05) is 13.8 Å². The molecule has 0 aliphatic rings. The molecule has 0 aliphatic heterocycles. The number of nitrogens with one attached hydrogen (secondary N) is 1. The largest absolute Gasteiger partial charge is 0.396 e. The van der Waals surface area contributed by atoms with Gasteiger partial charge in [0.15, 0.2) is 0 Å². The maximum atomic E-state index is 12.1. The van der Waals surface area contributed by atoms with Gasteiger partial charge in [-0.05, 0) is 49.9 Å². The van der Waals surface area contributed by atoms with E-state index in [9.17, 15) is 4.79 Å². The summed E-state index contributed by atoms with van der Waals surface area (Å²) in [7, 11) is 0. The van der Waals surface area contributed by atoms with E-state index in [1.54, 1.807) is 0 Å². The Morgan fingerprint density at radius 3 is 2.24 bits per heavy atom. The predicted molar refractivity (Wildman–Crippen MR) is 87.8 cm³/mol. The highest BCUT2D eigenvalue weighted by atomic mass is 16.3. The van der Waals surface area contributed by atoms with E-state index < -0.39 is 0 Å². The van der Waals surface area contributed by atoms with Gasteiger partial charge in [0.2, 0.25) is 0 Å². The fourth-order valence-electron chi connectivity index (χ4n) is 2.23. The number of anilines is 1. The normalized spacial score (nSPS) is 11.3. The molecule has 118 valence electrons. The first-order valence-corrected chi connectivity index (χ1v) is 7.67. The number of benzene rings is 1. The van der Waals surface area contributed by atoms with Crippen LogP contribution in [0.2, 0.25) is 0 Å². The van der Waals surface area contributed by atoms with Crippen molar-refractivity contribution < 1.29 is 9.90 Å². The van der Waals surface area contributed by atoms with Crippen LogP contribution in [0.4, 0.5) is 5.69 Å². The van der Waals surface area contributed by atoms with Crippen molar-refractivity contribution in [2.75, 3.05) is 31.1 Å². The molecule has 0 saturated heterocycles. The van der Waals surface area contributed by atoms with Crippen molar-refractivity contribution in [1.29, 1.82) is 0 Å². The highest BCUT2D eigenvalue weighted by Gasteiger charge is 2.18. The zero-order chi connectivity index (χ0) is 15.9. The minimum atomic E-state index is -0.0917. The van der Waals surface area contributed by atoms with Gasteiger partial charge in [0.05, 0.1) is 0 Å². The van der Waals surface area contributed by atoms with E-state index in [0.717, 1.165) is 18.8 Å². The first-order chi connectivity index (χ1) is 9.93. The summed E-state index contributed by atoms with van der Waals surface area (Å²) < 4.78 is 0. The lowest BCUT2D eigenvalue weighted by atomic mass is 9.89. The van der Waals surface area contributed by atoms with E-state index >= 15 is 0 Å². The zero-order valence-corrected chi connectivity index (χ0v) is 13.6. The van der Waals surface area contributed by atoms with Gasteiger partial charge in [0.25, 0.3) is 5.91 Å². The van der Waals surface area contributed by atoms with E-state index in [1.165, 1.54) is 0 Å². The average Bonchev–Trinajstić information content (AvgIpc) is 2.47. The van der Waals surface area contributed by atoms with Crippen molar-refractivity contribution in [3.05, 3.63) is 29.8 Å². The number of amides is 1. The van der Waals surface area contributed by atoms with Gasteiger partial charge in [0, 0.05) is 37.5 Å². The molecule has 0 spiro atoms. The number of aliphatic hydroxyl groups excluding tert-OH is 1. The Labute approximate surface area is 128 Å². The third-order valence-corrected chi connectivity index (χ3v) is 3.77. The van der Waals surface area contributed by atoms with Crippen molar-refractivity contribution in [1.82, 2.24) is 5.32 Å². The van der Waals surface area contributed by atoms with Crippen LogP contribution in [0.15, 0.2) is 24.3 Å². The third-order valence-electron chi connectivity index (χ3n) is 3.77. The second kappa shape index (κ2) is 8.03. The number of hydrogen-bond acceptors (Lipinski definition) is 3. The molecule has 0 bridgehead atoms. The summed E-state index contributed by atoms with van der Waals surface area (Å²) in [6.07, 6.45) is 0.675. The van der Waals surface area contributed by atoms with Gasteiger partial charge in [-0.25, -0.2) is 0 Å². The number of nitrogens with zero attached hydrogens (tertiary/aromatic N) is 1. The van der Waals surface area contributed by atoms with Gasteiger partial charge < -0.3 is 15.3 Å². The number of carbonyl (C=O) groups excluding carboxylic acids is 1. The lowest BCUT2D eigenvalue weighted by Crippen LogP contribution is -2.34. The first-order valence-electron chi connectivity index (χ1n) is 7.67. The molecule has 0 aromatic heterocycles. The zero-order valence-electron chi connectivity index (χ0n) is 13.6. The molecule has 0 aliphatic carbocycles. The molecule has 0 saturated carbocycles. The Bertz CT molecular complexity index is 437. The van der Waals surface area contributed by atoms with Crippen molar-refractivity contribution in [3.8, 4) is 0 Å². The van der Waals surface area contributed by atoms with Crippen LogP contribution in [0.5, 0.6) is 0 Å². The van der Waals surface area contributed by atoms with E-state index in [4.69, 9.17) is 5.11 Å². The minimum absolute atomic E-state index is 0.0629. The minimum Gasteiger partial charge on any atom is -0.396 e. The highest BCUT2D eigenvalue weighted by molar-refractivity contribution is 5.94. The second-order valence-corrected chi connectivity index (χ2v) is 6.04. The highest BCUT2D eigenvalue weighted by Crippen LogP contribution is 2.19. The SMILES string of the molecule is CCN(CC)c1ccc(C(=O)NCC(C)(C)CCO)cc1. The molecule has 4 nitrogen and oxygen atoms in total. The van der Waals surface area contributed by atoms with Crippen LogP contribution in [-0.2, 0) is 0 Å². The molecular weight excluding hydrogens is 264 g/mol. The van der Waals surface area contributed by atoms with Crippen LogP contribution < -0.4 is 10.2 Å². The molecular formula is C17H28N2O2. The summed E-state index contributed by atoms with van der Waals surface area (Å²) in [5, 5.41) is 11.9. The Kier molecular flexibility index (Phi) is 6.69. The lowest BCUT2D eigenvalue weighted by molar-refractivity contribution is 0.0928. The summed E-state index contributed by atoms with van der Waals surface area (Å²) in [5.41, 5.74) is 1.72. The number of carbonyl (C=O) groups is 1. The summed E-state index contributed by atoms with van der Waals surface area (Å²) >= 11 is 0. The van der Waals surface area contributed by atoms with Gasteiger partial charge in [-0.2, -0.15) is 0 Å². The summed E-state index contributed by atoms with van der Waals surface area (Å²) in [5.74, 6) is -0.0629. The van der Waals surface area contributed by atoms with Crippen LogP contribution in [0.1, 0.15) is 44.5 Å². The van der Waals surface area contributed by atoms with E-state index in [1.807, 2.05) is 38.1 Å². The number of aliphatic hydroxyl groups is 1.